The van der Waals surface area contributed by atoms with Crippen molar-refractivity contribution in [2.75, 3.05) is 18.4 Å². The molecule has 1 aromatic heterocycles. The van der Waals surface area contributed by atoms with Crippen LogP contribution in [0.5, 0.6) is 0 Å². The van der Waals surface area contributed by atoms with E-state index in [4.69, 9.17) is 0 Å². The summed E-state index contributed by atoms with van der Waals surface area (Å²) >= 11 is 0. The Kier molecular flexibility index (Phi) is 4.74. The SMILES string of the molecule is CCN(CC(=O)Nc1ccccc1)Cc1ccc2[nH]ccc2c1. The second-order valence-corrected chi connectivity index (χ2v) is 5.62. The summed E-state index contributed by atoms with van der Waals surface area (Å²) in [6, 6.07) is 18.0. The summed E-state index contributed by atoms with van der Waals surface area (Å²) in [5.74, 6) is 0.0146. The highest BCUT2D eigenvalue weighted by Gasteiger charge is 2.10. The second kappa shape index (κ2) is 7.11. The zero-order valence-corrected chi connectivity index (χ0v) is 13.3. The number of benzene rings is 2. The quantitative estimate of drug-likeness (QED) is 0.730. The highest BCUT2D eigenvalue weighted by Crippen LogP contribution is 2.15. The van der Waals surface area contributed by atoms with Crippen LogP contribution in [0.15, 0.2) is 60.8 Å². The van der Waals surface area contributed by atoms with Gasteiger partial charge in [0.25, 0.3) is 0 Å². The van der Waals surface area contributed by atoms with Gasteiger partial charge in [-0.2, -0.15) is 0 Å². The van der Waals surface area contributed by atoms with Crippen molar-refractivity contribution in [3.63, 3.8) is 0 Å². The standard InChI is InChI=1S/C19H21N3O/c1-2-22(14-19(23)21-17-6-4-3-5-7-17)13-15-8-9-18-16(12-15)10-11-20-18/h3-12,20H,2,13-14H2,1H3,(H,21,23). The molecule has 0 atom stereocenters. The molecule has 0 aliphatic carbocycles. The van der Waals surface area contributed by atoms with Gasteiger partial charge in [0.1, 0.15) is 0 Å². The number of para-hydroxylation sites is 1. The molecule has 1 heterocycles. The van der Waals surface area contributed by atoms with Crippen LogP contribution in [0.1, 0.15) is 12.5 Å². The van der Waals surface area contributed by atoms with Crippen molar-refractivity contribution in [2.24, 2.45) is 0 Å². The Labute approximate surface area is 136 Å². The van der Waals surface area contributed by atoms with Gasteiger partial charge in [0, 0.05) is 23.9 Å². The van der Waals surface area contributed by atoms with Gasteiger partial charge in [-0.25, -0.2) is 0 Å². The molecule has 0 radical (unpaired) electrons. The number of hydrogen-bond donors (Lipinski definition) is 2. The minimum Gasteiger partial charge on any atom is -0.361 e. The predicted octanol–water partition coefficient (Wildman–Crippen LogP) is 3.63. The fourth-order valence-electron chi connectivity index (χ4n) is 2.66. The lowest BCUT2D eigenvalue weighted by atomic mass is 10.1. The van der Waals surface area contributed by atoms with Crippen LogP contribution in [0.2, 0.25) is 0 Å². The molecule has 23 heavy (non-hydrogen) atoms. The molecule has 0 spiro atoms. The van der Waals surface area contributed by atoms with E-state index >= 15 is 0 Å². The molecule has 4 nitrogen and oxygen atoms in total. The first-order valence-corrected chi connectivity index (χ1v) is 7.88. The number of H-pyrrole nitrogens is 1. The largest absolute Gasteiger partial charge is 0.361 e. The van der Waals surface area contributed by atoms with Crippen molar-refractivity contribution in [2.45, 2.75) is 13.5 Å². The number of amides is 1. The van der Waals surface area contributed by atoms with E-state index in [1.54, 1.807) is 0 Å². The molecule has 0 saturated heterocycles. The molecule has 0 bridgehead atoms. The van der Waals surface area contributed by atoms with Crippen LogP contribution in [-0.2, 0) is 11.3 Å². The number of likely N-dealkylation sites (N-methyl/N-ethyl adjacent to an activating group) is 1. The lowest BCUT2D eigenvalue weighted by Gasteiger charge is -2.20. The number of carbonyl (C=O) groups is 1. The summed E-state index contributed by atoms with van der Waals surface area (Å²) in [6.07, 6.45) is 1.94. The minimum atomic E-state index is 0.0146. The van der Waals surface area contributed by atoms with E-state index in [0.29, 0.717) is 6.54 Å². The number of aromatic nitrogens is 1. The lowest BCUT2D eigenvalue weighted by Crippen LogP contribution is -2.32. The molecule has 3 rings (SSSR count). The van der Waals surface area contributed by atoms with Crippen LogP contribution in [0.3, 0.4) is 0 Å². The molecular formula is C19H21N3O. The van der Waals surface area contributed by atoms with Crippen molar-refractivity contribution >= 4 is 22.5 Å². The third-order valence-electron chi connectivity index (χ3n) is 3.90. The van der Waals surface area contributed by atoms with Gasteiger partial charge in [-0.3, -0.25) is 9.69 Å². The zero-order chi connectivity index (χ0) is 16.1. The van der Waals surface area contributed by atoms with Gasteiger partial charge in [0.15, 0.2) is 0 Å². The molecule has 2 N–H and O–H groups in total. The number of nitrogens with one attached hydrogen (secondary N) is 2. The lowest BCUT2D eigenvalue weighted by molar-refractivity contribution is -0.117. The van der Waals surface area contributed by atoms with Gasteiger partial charge < -0.3 is 10.3 Å². The summed E-state index contributed by atoms with van der Waals surface area (Å²) < 4.78 is 0. The van der Waals surface area contributed by atoms with Crippen LogP contribution in [0, 0.1) is 0 Å². The Morgan fingerprint density at radius 2 is 1.96 bits per heavy atom. The van der Waals surface area contributed by atoms with E-state index in [-0.39, 0.29) is 5.91 Å². The number of carbonyl (C=O) groups excluding carboxylic acids is 1. The fourth-order valence-corrected chi connectivity index (χ4v) is 2.66. The summed E-state index contributed by atoms with van der Waals surface area (Å²) in [5, 5.41) is 4.13. The van der Waals surface area contributed by atoms with E-state index < -0.39 is 0 Å². The molecule has 0 aliphatic heterocycles. The predicted molar refractivity (Wildman–Crippen MR) is 94.3 cm³/mol. The number of nitrogens with zero attached hydrogens (tertiary/aromatic N) is 1. The topological polar surface area (TPSA) is 48.1 Å². The molecule has 118 valence electrons. The molecule has 0 saturated carbocycles. The maximum Gasteiger partial charge on any atom is 0.238 e. The number of fused-ring (bicyclic) bond motifs is 1. The summed E-state index contributed by atoms with van der Waals surface area (Å²) in [6.45, 7) is 4.05. The van der Waals surface area contributed by atoms with Gasteiger partial charge in [-0.05, 0) is 47.8 Å². The Balaban J connectivity index is 1.61. The van der Waals surface area contributed by atoms with E-state index in [9.17, 15) is 4.79 Å². The average Bonchev–Trinajstić information content (AvgIpc) is 3.02. The minimum absolute atomic E-state index is 0.0146. The zero-order valence-electron chi connectivity index (χ0n) is 13.3. The normalized spacial score (nSPS) is 11.0. The van der Waals surface area contributed by atoms with Gasteiger partial charge in [-0.1, -0.05) is 31.2 Å². The smallest absolute Gasteiger partial charge is 0.238 e. The molecule has 0 aliphatic rings. The maximum absolute atomic E-state index is 12.2. The van der Waals surface area contributed by atoms with Crippen molar-refractivity contribution in [1.82, 2.24) is 9.88 Å². The number of anilines is 1. The van der Waals surface area contributed by atoms with E-state index in [1.807, 2.05) is 36.5 Å². The third-order valence-corrected chi connectivity index (χ3v) is 3.90. The van der Waals surface area contributed by atoms with Crippen LogP contribution in [0.25, 0.3) is 10.9 Å². The maximum atomic E-state index is 12.2. The van der Waals surface area contributed by atoms with E-state index in [0.717, 1.165) is 24.3 Å². The first kappa shape index (κ1) is 15.3. The monoisotopic (exact) mass is 307 g/mol. The van der Waals surface area contributed by atoms with Gasteiger partial charge in [0.2, 0.25) is 5.91 Å². The van der Waals surface area contributed by atoms with Gasteiger partial charge >= 0.3 is 0 Å². The highest BCUT2D eigenvalue weighted by atomic mass is 16.2. The Hall–Kier alpha value is -2.59. The number of hydrogen-bond acceptors (Lipinski definition) is 2. The van der Waals surface area contributed by atoms with Crippen molar-refractivity contribution < 1.29 is 4.79 Å². The summed E-state index contributed by atoms with van der Waals surface area (Å²) in [7, 11) is 0. The molecule has 0 unspecified atom stereocenters. The van der Waals surface area contributed by atoms with Crippen LogP contribution in [-0.4, -0.2) is 28.9 Å². The van der Waals surface area contributed by atoms with Crippen molar-refractivity contribution in [3.05, 3.63) is 66.4 Å². The molecule has 2 aromatic carbocycles. The first-order valence-electron chi connectivity index (χ1n) is 7.88. The average molecular weight is 307 g/mol. The van der Waals surface area contributed by atoms with Gasteiger partial charge in [-0.15, -0.1) is 0 Å². The second-order valence-electron chi connectivity index (χ2n) is 5.62. The molecule has 4 heteroatoms. The highest BCUT2D eigenvalue weighted by molar-refractivity contribution is 5.92. The summed E-state index contributed by atoms with van der Waals surface area (Å²) in [5.41, 5.74) is 3.19. The van der Waals surface area contributed by atoms with Crippen molar-refractivity contribution in [1.29, 1.82) is 0 Å². The van der Waals surface area contributed by atoms with E-state index in [1.165, 1.54) is 10.9 Å². The van der Waals surface area contributed by atoms with E-state index in [2.05, 4.69) is 46.4 Å². The Morgan fingerprint density at radius 1 is 1.13 bits per heavy atom. The van der Waals surface area contributed by atoms with Crippen LogP contribution < -0.4 is 5.32 Å². The van der Waals surface area contributed by atoms with Gasteiger partial charge in [0.05, 0.1) is 6.54 Å². The van der Waals surface area contributed by atoms with Crippen molar-refractivity contribution in [3.8, 4) is 0 Å². The molecule has 0 fully saturated rings. The summed E-state index contributed by atoms with van der Waals surface area (Å²) in [4.78, 5) is 17.5. The van der Waals surface area contributed by atoms with Crippen LogP contribution >= 0.6 is 0 Å². The molecule has 3 aromatic rings. The molecule has 1 amide bonds. The fraction of sp³-hybridized carbons (Fsp3) is 0.211. The Bertz CT molecular complexity index is 779. The third kappa shape index (κ3) is 3.99. The van der Waals surface area contributed by atoms with Crippen LogP contribution in [0.4, 0.5) is 5.69 Å². The Morgan fingerprint density at radius 3 is 2.74 bits per heavy atom. The first-order chi connectivity index (χ1) is 11.2. The number of aromatic amines is 1. The number of rotatable bonds is 6. The molecular weight excluding hydrogens is 286 g/mol.